The predicted octanol–water partition coefficient (Wildman–Crippen LogP) is 2.46. The fourth-order valence-corrected chi connectivity index (χ4v) is 2.54. The second-order valence-corrected chi connectivity index (χ2v) is 5.41. The van der Waals surface area contributed by atoms with Crippen molar-refractivity contribution in [2.45, 2.75) is 19.1 Å². The summed E-state index contributed by atoms with van der Waals surface area (Å²) in [5.74, 6) is -0.484. The Bertz CT molecular complexity index is 497. The summed E-state index contributed by atoms with van der Waals surface area (Å²) in [6.45, 7) is 2.81. The molecule has 2 atom stereocenters. The molecule has 0 spiro atoms. The number of ether oxygens (including phenoxy) is 2. The van der Waals surface area contributed by atoms with Gasteiger partial charge in [-0.05, 0) is 19.1 Å². The van der Waals surface area contributed by atoms with Crippen LogP contribution in [0, 0.1) is 5.82 Å². The molecular weight excluding hydrogens is 329 g/mol. The Balaban J connectivity index is 2.21. The summed E-state index contributed by atoms with van der Waals surface area (Å²) in [7, 11) is 1.46. The molecule has 6 heteroatoms. The van der Waals surface area contributed by atoms with E-state index in [1.54, 1.807) is 11.0 Å². The van der Waals surface area contributed by atoms with Gasteiger partial charge in [-0.3, -0.25) is 4.79 Å². The van der Waals surface area contributed by atoms with Crippen LogP contribution in [-0.4, -0.2) is 48.5 Å². The fourth-order valence-electron chi connectivity index (χ4n) is 2.14. The minimum atomic E-state index is -0.566. The van der Waals surface area contributed by atoms with Crippen LogP contribution in [0.15, 0.2) is 18.2 Å². The summed E-state index contributed by atoms with van der Waals surface area (Å²) >= 11 is 3.34. The molecule has 0 bridgehead atoms. The zero-order chi connectivity index (χ0) is 14.7. The number of hydrogen-bond acceptors (Lipinski definition) is 3. The van der Waals surface area contributed by atoms with Crippen LogP contribution in [0.2, 0.25) is 0 Å². The van der Waals surface area contributed by atoms with Gasteiger partial charge in [0.15, 0.2) is 0 Å². The molecule has 0 N–H and O–H groups in total. The molecular formula is C14H17BrFNO3. The molecule has 1 fully saturated rings. The highest BCUT2D eigenvalue weighted by Crippen LogP contribution is 2.21. The molecule has 1 aromatic rings. The number of methoxy groups -OCH3 is 1. The molecule has 0 aliphatic carbocycles. The maximum Gasteiger partial charge on any atom is 0.257 e. The van der Waals surface area contributed by atoms with Gasteiger partial charge in [-0.1, -0.05) is 15.9 Å². The highest BCUT2D eigenvalue weighted by Gasteiger charge is 2.30. The maximum absolute atomic E-state index is 14.0. The number of halogens is 2. The summed E-state index contributed by atoms with van der Waals surface area (Å²) < 4.78 is 24.5. The monoisotopic (exact) mass is 345 g/mol. The van der Waals surface area contributed by atoms with Crippen LogP contribution in [0.25, 0.3) is 0 Å². The lowest BCUT2D eigenvalue weighted by atomic mass is 10.1. The van der Waals surface area contributed by atoms with E-state index in [4.69, 9.17) is 9.47 Å². The van der Waals surface area contributed by atoms with E-state index >= 15 is 0 Å². The molecule has 1 aromatic carbocycles. The minimum absolute atomic E-state index is 0.0588. The fraction of sp³-hybridized carbons (Fsp3) is 0.500. The van der Waals surface area contributed by atoms with Gasteiger partial charge in [0.2, 0.25) is 0 Å². The number of benzene rings is 1. The molecule has 0 saturated carbocycles. The highest BCUT2D eigenvalue weighted by molar-refractivity contribution is 9.09. The normalized spacial score (nSPS) is 22.7. The van der Waals surface area contributed by atoms with E-state index in [9.17, 15) is 9.18 Å². The first kappa shape index (κ1) is 15.3. The molecule has 0 radical (unpaired) electrons. The van der Waals surface area contributed by atoms with Gasteiger partial charge in [-0.2, -0.15) is 0 Å². The van der Waals surface area contributed by atoms with Crippen molar-refractivity contribution in [3.8, 4) is 5.75 Å². The van der Waals surface area contributed by atoms with Gasteiger partial charge in [0.05, 0.1) is 31.4 Å². The number of rotatable bonds is 3. The quantitative estimate of drug-likeness (QED) is 0.790. The molecule has 110 valence electrons. The van der Waals surface area contributed by atoms with E-state index in [0.717, 1.165) is 0 Å². The number of carbonyl (C=O) groups is 1. The number of alkyl halides is 1. The summed E-state index contributed by atoms with van der Waals surface area (Å²) in [5.41, 5.74) is 0.0628. The van der Waals surface area contributed by atoms with Crippen LogP contribution >= 0.6 is 15.9 Å². The average molecular weight is 346 g/mol. The average Bonchev–Trinajstić information content (AvgIpc) is 2.47. The lowest BCUT2D eigenvalue weighted by molar-refractivity contribution is -0.0363. The molecule has 1 saturated heterocycles. The summed E-state index contributed by atoms with van der Waals surface area (Å²) in [6.07, 6.45) is -0.0588. The molecule has 1 aliphatic heterocycles. The van der Waals surface area contributed by atoms with Gasteiger partial charge in [-0.15, -0.1) is 0 Å². The van der Waals surface area contributed by atoms with E-state index < -0.39 is 5.82 Å². The molecule has 4 nitrogen and oxygen atoms in total. The van der Waals surface area contributed by atoms with Crippen LogP contribution in [0.1, 0.15) is 17.3 Å². The molecule has 2 rings (SSSR count). The Labute approximate surface area is 126 Å². The van der Waals surface area contributed by atoms with E-state index in [0.29, 0.717) is 24.2 Å². The standard InChI is InChI=1S/C14H17BrFNO3/c1-9-8-20-11(6-15)7-17(9)14(18)12-4-3-10(19-2)5-13(12)16/h3-5,9,11H,6-8H2,1-2H3. The van der Waals surface area contributed by atoms with Crippen molar-refractivity contribution in [3.05, 3.63) is 29.6 Å². The third-order valence-electron chi connectivity index (χ3n) is 3.35. The van der Waals surface area contributed by atoms with E-state index in [1.807, 2.05) is 6.92 Å². The molecule has 1 heterocycles. The van der Waals surface area contributed by atoms with E-state index in [2.05, 4.69) is 15.9 Å². The van der Waals surface area contributed by atoms with Gasteiger partial charge >= 0.3 is 0 Å². The number of hydrogen-bond donors (Lipinski definition) is 0. The van der Waals surface area contributed by atoms with Crippen LogP contribution in [0.5, 0.6) is 5.75 Å². The smallest absolute Gasteiger partial charge is 0.257 e. The number of amides is 1. The molecule has 0 aromatic heterocycles. The lowest BCUT2D eigenvalue weighted by Crippen LogP contribution is -2.51. The topological polar surface area (TPSA) is 38.8 Å². The third-order valence-corrected chi connectivity index (χ3v) is 4.07. The minimum Gasteiger partial charge on any atom is -0.497 e. The van der Waals surface area contributed by atoms with Gasteiger partial charge < -0.3 is 14.4 Å². The first-order chi connectivity index (χ1) is 9.56. The van der Waals surface area contributed by atoms with E-state index in [-0.39, 0.29) is 23.6 Å². The van der Waals surface area contributed by atoms with Crippen molar-refractivity contribution < 1.29 is 18.7 Å². The second kappa shape index (κ2) is 6.54. The SMILES string of the molecule is COc1ccc(C(=O)N2CC(CBr)OCC2C)c(F)c1. The van der Waals surface area contributed by atoms with Crippen LogP contribution in [0.3, 0.4) is 0 Å². The predicted molar refractivity (Wildman–Crippen MR) is 77.0 cm³/mol. The maximum atomic E-state index is 14.0. The van der Waals surface area contributed by atoms with Crippen LogP contribution < -0.4 is 4.74 Å². The zero-order valence-corrected chi connectivity index (χ0v) is 13.0. The summed E-state index contributed by atoms with van der Waals surface area (Å²) in [4.78, 5) is 14.1. The summed E-state index contributed by atoms with van der Waals surface area (Å²) in [6, 6.07) is 4.20. The van der Waals surface area contributed by atoms with Gasteiger partial charge in [0.1, 0.15) is 11.6 Å². The van der Waals surface area contributed by atoms with Gasteiger partial charge in [0, 0.05) is 17.9 Å². The Morgan fingerprint density at radius 1 is 1.60 bits per heavy atom. The molecule has 1 aliphatic rings. The van der Waals surface area contributed by atoms with E-state index in [1.165, 1.54) is 19.2 Å². The molecule has 2 unspecified atom stereocenters. The largest absolute Gasteiger partial charge is 0.497 e. The molecule has 20 heavy (non-hydrogen) atoms. The third kappa shape index (κ3) is 3.12. The van der Waals surface area contributed by atoms with Crippen molar-refractivity contribution in [1.29, 1.82) is 0 Å². The Hall–Kier alpha value is -1.14. The van der Waals surface area contributed by atoms with Crippen molar-refractivity contribution in [3.63, 3.8) is 0 Å². The zero-order valence-electron chi connectivity index (χ0n) is 11.4. The van der Waals surface area contributed by atoms with Gasteiger partial charge in [0.25, 0.3) is 5.91 Å². The second-order valence-electron chi connectivity index (χ2n) is 4.76. The van der Waals surface area contributed by atoms with Gasteiger partial charge in [-0.25, -0.2) is 4.39 Å². The van der Waals surface area contributed by atoms with Crippen LogP contribution in [-0.2, 0) is 4.74 Å². The first-order valence-corrected chi connectivity index (χ1v) is 7.51. The molecule has 1 amide bonds. The first-order valence-electron chi connectivity index (χ1n) is 6.39. The number of carbonyl (C=O) groups excluding carboxylic acids is 1. The Morgan fingerprint density at radius 2 is 2.35 bits per heavy atom. The Kier molecular flexibility index (Phi) is 4.99. The van der Waals surface area contributed by atoms with Crippen molar-refractivity contribution in [2.24, 2.45) is 0 Å². The number of nitrogens with zero attached hydrogens (tertiary/aromatic N) is 1. The number of morpholine rings is 1. The summed E-state index contributed by atoms with van der Waals surface area (Å²) in [5, 5.41) is 0.647. The Morgan fingerprint density at radius 3 is 2.95 bits per heavy atom. The highest BCUT2D eigenvalue weighted by atomic mass is 79.9. The lowest BCUT2D eigenvalue weighted by Gasteiger charge is -2.37. The van der Waals surface area contributed by atoms with Crippen molar-refractivity contribution in [1.82, 2.24) is 4.90 Å². The van der Waals surface area contributed by atoms with Crippen LogP contribution in [0.4, 0.5) is 4.39 Å². The van der Waals surface area contributed by atoms with Crippen molar-refractivity contribution in [2.75, 3.05) is 25.6 Å². The van der Waals surface area contributed by atoms with Crippen molar-refractivity contribution >= 4 is 21.8 Å².